The van der Waals surface area contributed by atoms with E-state index in [1.54, 1.807) is 0 Å². The van der Waals surface area contributed by atoms with Crippen LogP contribution in [0.25, 0.3) is 0 Å². The summed E-state index contributed by atoms with van der Waals surface area (Å²) in [4.78, 5) is 3.99. The molecule has 33 heavy (non-hydrogen) atoms. The summed E-state index contributed by atoms with van der Waals surface area (Å²) in [6, 6.07) is 10.3. The van der Waals surface area contributed by atoms with Gasteiger partial charge in [-0.3, -0.25) is 0 Å². The maximum absolute atomic E-state index is 12.9. The molecule has 3 N–H and O–H groups in total. The molecule has 0 saturated heterocycles. The van der Waals surface area contributed by atoms with Crippen LogP contribution in [0, 0.1) is 18.3 Å². The van der Waals surface area contributed by atoms with E-state index in [1.807, 2.05) is 6.07 Å². The van der Waals surface area contributed by atoms with Gasteiger partial charge in [-0.05, 0) is 43.3 Å². The largest absolute Gasteiger partial charge is 0.416 e. The van der Waals surface area contributed by atoms with Gasteiger partial charge in [0, 0.05) is 11.3 Å². The Kier molecular flexibility index (Phi) is 6.25. The lowest BCUT2D eigenvalue weighted by Crippen LogP contribution is -2.07. The number of nitrogens with zero attached hydrogens (tertiary/aromatic N) is 4. The lowest BCUT2D eigenvalue weighted by atomic mass is 10.1. The van der Waals surface area contributed by atoms with E-state index < -0.39 is 23.5 Å². The third-order valence-corrected chi connectivity index (χ3v) is 4.45. The minimum atomic E-state index is -4.56. The Hall–Kier alpha value is -4.14. The maximum Gasteiger partial charge on any atom is 0.416 e. The second kappa shape index (κ2) is 8.78. The smallest absolute Gasteiger partial charge is 0.382 e. The fourth-order valence-corrected chi connectivity index (χ4v) is 2.83. The minimum absolute atomic E-state index is 0.0194. The molecular weight excluding hydrogens is 450 g/mol. The molecule has 0 bridgehead atoms. The molecule has 0 aliphatic carbocycles. The van der Waals surface area contributed by atoms with Crippen molar-refractivity contribution in [2.75, 3.05) is 11.1 Å². The van der Waals surface area contributed by atoms with Crippen LogP contribution in [0.4, 0.5) is 55.0 Å². The van der Waals surface area contributed by atoms with Crippen molar-refractivity contribution < 1.29 is 26.3 Å². The van der Waals surface area contributed by atoms with Gasteiger partial charge in [0.05, 0.1) is 22.4 Å². The minimum Gasteiger partial charge on any atom is -0.382 e. The van der Waals surface area contributed by atoms with Gasteiger partial charge < -0.3 is 11.1 Å². The summed E-state index contributed by atoms with van der Waals surface area (Å²) in [5.41, 5.74) is 4.05. The fourth-order valence-electron chi connectivity index (χ4n) is 2.83. The number of azo groups is 1. The Morgan fingerprint density at radius 2 is 1.55 bits per heavy atom. The Morgan fingerprint density at radius 3 is 2.15 bits per heavy atom. The Balaban J connectivity index is 1.97. The highest BCUT2D eigenvalue weighted by Crippen LogP contribution is 2.36. The van der Waals surface area contributed by atoms with Gasteiger partial charge in [-0.2, -0.15) is 36.7 Å². The van der Waals surface area contributed by atoms with Crippen LogP contribution >= 0.6 is 0 Å². The van der Waals surface area contributed by atoms with Crippen LogP contribution in [-0.4, -0.2) is 4.98 Å². The second-order valence-electron chi connectivity index (χ2n) is 6.76. The lowest BCUT2D eigenvalue weighted by Gasteiger charge is -2.14. The number of hydrogen-bond donors (Lipinski definition) is 2. The van der Waals surface area contributed by atoms with Crippen LogP contribution in [0.3, 0.4) is 0 Å². The van der Waals surface area contributed by atoms with Crippen LogP contribution in [0.15, 0.2) is 58.8 Å². The van der Waals surface area contributed by atoms with E-state index in [9.17, 15) is 31.6 Å². The van der Waals surface area contributed by atoms with E-state index in [4.69, 9.17) is 5.73 Å². The average molecular weight is 464 g/mol. The van der Waals surface area contributed by atoms with Crippen LogP contribution in [0.5, 0.6) is 0 Å². The standard InChI is InChI=1S/C21H14F6N6/c1-11-16(10-28)19(30-14-6-2-4-12(8-14)20(22,23)24)31-18(29)17(11)33-32-15-7-3-5-13(9-15)21(25,26)27/h2-9H,1H3,(H3,29,30,31). The van der Waals surface area contributed by atoms with Gasteiger partial charge in [0.25, 0.3) is 0 Å². The van der Waals surface area contributed by atoms with Gasteiger partial charge in [-0.25, -0.2) is 4.98 Å². The summed E-state index contributed by atoms with van der Waals surface area (Å²) in [5.74, 6) is -0.332. The number of nitrogen functional groups attached to an aromatic ring is 1. The first kappa shape index (κ1) is 23.5. The first-order valence-corrected chi connectivity index (χ1v) is 9.13. The molecule has 6 nitrogen and oxygen atoms in total. The van der Waals surface area contributed by atoms with Gasteiger partial charge in [0.1, 0.15) is 11.8 Å². The van der Waals surface area contributed by atoms with Crippen molar-refractivity contribution in [1.82, 2.24) is 4.98 Å². The zero-order valence-corrected chi connectivity index (χ0v) is 16.8. The van der Waals surface area contributed by atoms with E-state index in [0.29, 0.717) is 0 Å². The topological polar surface area (TPSA) is 99.5 Å². The number of nitrogens with two attached hydrogens (primary N) is 1. The predicted octanol–water partition coefficient (Wildman–Crippen LogP) is 7.04. The molecule has 2 aromatic carbocycles. The quantitative estimate of drug-likeness (QED) is 0.319. The van der Waals surface area contributed by atoms with Crippen LogP contribution in [-0.2, 0) is 12.4 Å². The van der Waals surface area contributed by atoms with Crippen LogP contribution in [0.2, 0.25) is 0 Å². The molecule has 0 aliphatic rings. The molecule has 12 heteroatoms. The first-order valence-electron chi connectivity index (χ1n) is 9.13. The molecule has 0 saturated carbocycles. The van der Waals surface area contributed by atoms with Crippen molar-refractivity contribution in [3.8, 4) is 6.07 Å². The molecule has 170 valence electrons. The molecular formula is C21H14F6N6. The molecule has 3 aromatic rings. The number of nitriles is 1. The number of nitrogens with one attached hydrogen (secondary N) is 1. The molecule has 1 aromatic heterocycles. The fraction of sp³-hybridized carbons (Fsp3) is 0.143. The van der Waals surface area contributed by atoms with Crippen molar-refractivity contribution in [1.29, 1.82) is 5.26 Å². The Labute approximate surface area is 183 Å². The third-order valence-electron chi connectivity index (χ3n) is 4.45. The van der Waals surface area contributed by atoms with Gasteiger partial charge in [-0.1, -0.05) is 12.1 Å². The summed E-state index contributed by atoms with van der Waals surface area (Å²) in [7, 11) is 0. The summed E-state index contributed by atoms with van der Waals surface area (Å²) in [5, 5.41) is 19.8. The van der Waals surface area contributed by atoms with E-state index in [-0.39, 0.29) is 39.8 Å². The molecule has 3 rings (SSSR count). The highest BCUT2D eigenvalue weighted by atomic mass is 19.4. The van der Waals surface area contributed by atoms with Gasteiger partial charge >= 0.3 is 12.4 Å². The molecule has 0 fully saturated rings. The van der Waals surface area contributed by atoms with Gasteiger partial charge in [0.15, 0.2) is 11.6 Å². The highest BCUT2D eigenvalue weighted by molar-refractivity contribution is 5.75. The molecule has 0 radical (unpaired) electrons. The first-order chi connectivity index (χ1) is 15.4. The van der Waals surface area contributed by atoms with Crippen molar-refractivity contribution in [2.24, 2.45) is 10.2 Å². The zero-order valence-electron chi connectivity index (χ0n) is 16.8. The number of alkyl halides is 6. The van der Waals surface area contributed by atoms with Gasteiger partial charge in [-0.15, -0.1) is 5.11 Å². The number of rotatable bonds is 4. The molecule has 0 amide bonds. The number of pyridine rings is 1. The van der Waals surface area contributed by atoms with Crippen molar-refractivity contribution in [3.63, 3.8) is 0 Å². The number of halogens is 6. The summed E-state index contributed by atoms with van der Waals surface area (Å²) in [6.07, 6.45) is -9.13. The van der Waals surface area contributed by atoms with E-state index in [2.05, 4.69) is 20.5 Å². The Bertz CT molecular complexity index is 1260. The normalized spacial score (nSPS) is 12.1. The highest BCUT2D eigenvalue weighted by Gasteiger charge is 2.31. The summed E-state index contributed by atoms with van der Waals surface area (Å²) < 4.78 is 77.4. The van der Waals surface area contributed by atoms with Crippen molar-refractivity contribution in [3.05, 3.63) is 70.8 Å². The van der Waals surface area contributed by atoms with E-state index in [1.165, 1.54) is 25.1 Å². The third kappa shape index (κ3) is 5.38. The van der Waals surface area contributed by atoms with Crippen LogP contribution < -0.4 is 11.1 Å². The average Bonchev–Trinajstić information content (AvgIpc) is 2.73. The molecule has 0 atom stereocenters. The van der Waals surface area contributed by atoms with Gasteiger partial charge in [0.2, 0.25) is 0 Å². The monoisotopic (exact) mass is 464 g/mol. The predicted molar refractivity (Wildman–Crippen MR) is 108 cm³/mol. The Morgan fingerprint density at radius 1 is 0.939 bits per heavy atom. The van der Waals surface area contributed by atoms with Crippen molar-refractivity contribution >= 4 is 28.7 Å². The van der Waals surface area contributed by atoms with Crippen molar-refractivity contribution in [2.45, 2.75) is 19.3 Å². The number of hydrogen-bond acceptors (Lipinski definition) is 6. The maximum atomic E-state index is 12.9. The van der Waals surface area contributed by atoms with E-state index in [0.717, 1.165) is 30.3 Å². The number of aromatic nitrogens is 1. The number of benzene rings is 2. The SMILES string of the molecule is Cc1c(C#N)c(Nc2cccc(C(F)(F)F)c2)nc(N)c1N=Nc1cccc(C(F)(F)F)c1. The molecule has 0 aliphatic heterocycles. The molecule has 0 spiro atoms. The van der Waals surface area contributed by atoms with Crippen LogP contribution in [0.1, 0.15) is 22.3 Å². The summed E-state index contributed by atoms with van der Waals surface area (Å²) in [6.45, 7) is 1.45. The van der Waals surface area contributed by atoms with E-state index >= 15 is 0 Å². The lowest BCUT2D eigenvalue weighted by molar-refractivity contribution is -0.138. The molecule has 1 heterocycles. The molecule has 0 unspecified atom stereocenters. The zero-order chi connectivity index (χ0) is 24.4. The summed E-state index contributed by atoms with van der Waals surface area (Å²) >= 11 is 0. The number of anilines is 3. The second-order valence-corrected chi connectivity index (χ2v) is 6.76.